The first kappa shape index (κ1) is 15.7. The van der Waals surface area contributed by atoms with Gasteiger partial charge in [0.25, 0.3) is 0 Å². The topological polar surface area (TPSA) is 66.6 Å². The van der Waals surface area contributed by atoms with Gasteiger partial charge in [0.05, 0.1) is 18.2 Å². The smallest absolute Gasteiger partial charge is 0.228 e. The van der Waals surface area contributed by atoms with E-state index in [1.165, 1.54) is 0 Å². The number of rotatable bonds is 3. The molecular weight excluding hydrogens is 292 g/mol. The summed E-state index contributed by atoms with van der Waals surface area (Å²) in [5.41, 5.74) is 1.57. The fourth-order valence-corrected chi connectivity index (χ4v) is 2.83. The monoisotopic (exact) mass is 314 g/mol. The van der Waals surface area contributed by atoms with Crippen LogP contribution in [0, 0.1) is 12.8 Å². The van der Waals surface area contributed by atoms with Crippen LogP contribution in [0.5, 0.6) is 0 Å². The lowest BCUT2D eigenvalue weighted by molar-refractivity contribution is -0.134. The largest absolute Gasteiger partial charge is 0.441 e. The van der Waals surface area contributed by atoms with Crippen molar-refractivity contribution in [1.82, 2.24) is 9.88 Å². The molecule has 1 aliphatic rings. The maximum atomic E-state index is 12.5. The molecule has 1 aromatic carbocycles. The van der Waals surface area contributed by atoms with Crippen molar-refractivity contribution in [1.29, 1.82) is 0 Å². The highest BCUT2D eigenvalue weighted by Crippen LogP contribution is 2.23. The summed E-state index contributed by atoms with van der Waals surface area (Å²) in [6.07, 6.45) is 0.606. The van der Waals surface area contributed by atoms with E-state index in [1.54, 1.807) is 4.90 Å². The standard InChI is InChI=1S/C18H22N2O3/c1-12-8-9-20(11-16(12)21)17(22)10-15-13(2)23-18(19-15)14-6-4-3-5-7-14/h3-7,12,16,21H,8-11H2,1-2H3. The predicted octanol–water partition coefficient (Wildman–Crippen LogP) is 2.42. The average Bonchev–Trinajstić information content (AvgIpc) is 2.92. The lowest BCUT2D eigenvalue weighted by Crippen LogP contribution is -2.46. The summed E-state index contributed by atoms with van der Waals surface area (Å²) in [7, 11) is 0. The van der Waals surface area contributed by atoms with Crippen molar-refractivity contribution >= 4 is 5.91 Å². The molecule has 0 spiro atoms. The van der Waals surface area contributed by atoms with Crippen LogP contribution in [0.1, 0.15) is 24.8 Å². The summed E-state index contributed by atoms with van der Waals surface area (Å²) in [6.45, 7) is 4.94. The number of piperidine rings is 1. The van der Waals surface area contributed by atoms with Crippen molar-refractivity contribution in [3.05, 3.63) is 41.8 Å². The second-order valence-electron chi connectivity index (χ2n) is 6.24. The quantitative estimate of drug-likeness (QED) is 0.945. The zero-order valence-corrected chi connectivity index (χ0v) is 13.5. The van der Waals surface area contributed by atoms with Gasteiger partial charge in [-0.15, -0.1) is 0 Å². The van der Waals surface area contributed by atoms with Gasteiger partial charge in [-0.3, -0.25) is 4.79 Å². The van der Waals surface area contributed by atoms with Gasteiger partial charge in [-0.05, 0) is 31.4 Å². The van der Waals surface area contributed by atoms with Gasteiger partial charge in [0.1, 0.15) is 5.76 Å². The highest BCUT2D eigenvalue weighted by Gasteiger charge is 2.28. The van der Waals surface area contributed by atoms with Crippen LogP contribution in [0.3, 0.4) is 0 Å². The number of aliphatic hydroxyl groups excluding tert-OH is 1. The van der Waals surface area contributed by atoms with Crippen LogP contribution in [0.15, 0.2) is 34.7 Å². The molecule has 0 aliphatic carbocycles. The third-order valence-electron chi connectivity index (χ3n) is 4.50. The summed E-state index contributed by atoms with van der Waals surface area (Å²) >= 11 is 0. The van der Waals surface area contributed by atoms with E-state index in [4.69, 9.17) is 4.42 Å². The Balaban J connectivity index is 1.71. The minimum absolute atomic E-state index is 0.00744. The Labute approximate surface area is 135 Å². The number of carbonyl (C=O) groups is 1. The number of likely N-dealkylation sites (tertiary alicyclic amines) is 1. The molecule has 2 atom stereocenters. The van der Waals surface area contributed by atoms with Crippen molar-refractivity contribution in [3.63, 3.8) is 0 Å². The Morgan fingerprint density at radius 3 is 2.83 bits per heavy atom. The zero-order valence-electron chi connectivity index (χ0n) is 13.5. The molecule has 122 valence electrons. The molecule has 1 N–H and O–H groups in total. The molecule has 2 aromatic rings. The van der Waals surface area contributed by atoms with Crippen molar-refractivity contribution in [2.24, 2.45) is 5.92 Å². The predicted molar refractivity (Wildman–Crippen MR) is 86.7 cm³/mol. The van der Waals surface area contributed by atoms with Gasteiger partial charge in [-0.25, -0.2) is 4.98 Å². The molecule has 0 saturated carbocycles. The maximum absolute atomic E-state index is 12.5. The van der Waals surface area contributed by atoms with E-state index >= 15 is 0 Å². The van der Waals surface area contributed by atoms with Crippen molar-refractivity contribution in [3.8, 4) is 11.5 Å². The number of aromatic nitrogens is 1. The highest BCUT2D eigenvalue weighted by molar-refractivity contribution is 5.78. The third kappa shape index (κ3) is 3.45. The third-order valence-corrected chi connectivity index (χ3v) is 4.50. The minimum Gasteiger partial charge on any atom is -0.441 e. The molecule has 1 fully saturated rings. The summed E-state index contributed by atoms with van der Waals surface area (Å²) in [4.78, 5) is 18.6. The van der Waals surface area contributed by atoms with E-state index in [-0.39, 0.29) is 18.2 Å². The van der Waals surface area contributed by atoms with Crippen molar-refractivity contribution < 1.29 is 14.3 Å². The van der Waals surface area contributed by atoms with E-state index in [0.717, 1.165) is 12.0 Å². The second-order valence-corrected chi connectivity index (χ2v) is 6.24. The molecule has 5 nitrogen and oxygen atoms in total. The van der Waals surface area contributed by atoms with Crippen molar-refractivity contribution in [2.45, 2.75) is 32.8 Å². The Bertz CT molecular complexity index is 681. The van der Waals surface area contributed by atoms with Crippen LogP contribution in [0.25, 0.3) is 11.5 Å². The van der Waals surface area contributed by atoms with Crippen LogP contribution >= 0.6 is 0 Å². The number of β-amino-alcohol motifs (C(OH)–C–C–N with tert-alkyl or cyclic N) is 1. The van der Waals surface area contributed by atoms with Gasteiger partial charge in [-0.1, -0.05) is 25.1 Å². The molecule has 3 rings (SSSR count). The minimum atomic E-state index is -0.439. The SMILES string of the molecule is Cc1oc(-c2ccccc2)nc1CC(=O)N1CCC(C)C(O)C1. The molecule has 1 amide bonds. The summed E-state index contributed by atoms with van der Waals surface area (Å²) in [5, 5.41) is 9.94. The normalized spacial score (nSPS) is 21.4. The fourth-order valence-electron chi connectivity index (χ4n) is 2.83. The number of oxazole rings is 1. The first-order valence-corrected chi connectivity index (χ1v) is 8.02. The zero-order chi connectivity index (χ0) is 16.4. The van der Waals surface area contributed by atoms with E-state index in [9.17, 15) is 9.90 Å². The van der Waals surface area contributed by atoms with Gasteiger partial charge in [-0.2, -0.15) is 0 Å². The second kappa shape index (κ2) is 6.54. The number of hydrogen-bond donors (Lipinski definition) is 1. The molecule has 23 heavy (non-hydrogen) atoms. The van der Waals surface area contributed by atoms with Crippen molar-refractivity contribution in [2.75, 3.05) is 13.1 Å². The lowest BCUT2D eigenvalue weighted by atomic mass is 9.96. The Hall–Kier alpha value is -2.14. The molecule has 1 aromatic heterocycles. The summed E-state index contributed by atoms with van der Waals surface area (Å²) in [6, 6.07) is 9.65. The number of amides is 1. The highest BCUT2D eigenvalue weighted by atomic mass is 16.4. The van der Waals surface area contributed by atoms with E-state index in [2.05, 4.69) is 4.98 Å². The molecular formula is C18H22N2O3. The Kier molecular flexibility index (Phi) is 4.48. The van der Waals surface area contributed by atoms with E-state index in [1.807, 2.05) is 44.2 Å². The van der Waals surface area contributed by atoms with Gasteiger partial charge in [0.15, 0.2) is 0 Å². The van der Waals surface area contributed by atoms with E-state index < -0.39 is 6.10 Å². The van der Waals surface area contributed by atoms with Crippen LogP contribution in [0.4, 0.5) is 0 Å². The Morgan fingerprint density at radius 1 is 1.39 bits per heavy atom. The summed E-state index contributed by atoms with van der Waals surface area (Å²) in [5.74, 6) is 1.45. The molecule has 1 aliphatic heterocycles. The maximum Gasteiger partial charge on any atom is 0.228 e. The average molecular weight is 314 g/mol. The molecule has 5 heteroatoms. The molecule has 1 saturated heterocycles. The number of hydrogen-bond acceptors (Lipinski definition) is 4. The number of nitrogens with zero attached hydrogens (tertiary/aromatic N) is 2. The number of aliphatic hydroxyl groups is 1. The molecule has 0 bridgehead atoms. The van der Waals surface area contributed by atoms with Crippen LogP contribution in [-0.2, 0) is 11.2 Å². The number of aryl methyl sites for hydroxylation is 1. The van der Waals surface area contributed by atoms with E-state index in [0.29, 0.717) is 30.4 Å². The van der Waals surface area contributed by atoms with Crippen LogP contribution < -0.4 is 0 Å². The molecule has 0 radical (unpaired) electrons. The van der Waals surface area contributed by atoms with Gasteiger partial charge in [0.2, 0.25) is 11.8 Å². The number of benzene rings is 1. The summed E-state index contributed by atoms with van der Waals surface area (Å²) < 4.78 is 5.70. The van der Waals surface area contributed by atoms with Gasteiger partial charge >= 0.3 is 0 Å². The fraction of sp³-hybridized carbons (Fsp3) is 0.444. The first-order chi connectivity index (χ1) is 11.0. The lowest BCUT2D eigenvalue weighted by Gasteiger charge is -2.34. The first-order valence-electron chi connectivity index (χ1n) is 8.02. The molecule has 2 heterocycles. The molecule has 2 unspecified atom stereocenters. The van der Waals surface area contributed by atoms with Crippen LogP contribution in [0.2, 0.25) is 0 Å². The Morgan fingerprint density at radius 2 is 2.13 bits per heavy atom. The van der Waals surface area contributed by atoms with Crippen LogP contribution in [-0.4, -0.2) is 40.1 Å². The number of carbonyl (C=O) groups excluding carboxylic acids is 1. The van der Waals surface area contributed by atoms with Gasteiger partial charge < -0.3 is 14.4 Å². The van der Waals surface area contributed by atoms with Gasteiger partial charge in [0, 0.05) is 18.7 Å².